The first-order valence-electron chi connectivity index (χ1n) is 6.29. The van der Waals surface area contributed by atoms with Gasteiger partial charge in [-0.1, -0.05) is 17.7 Å². The minimum atomic E-state index is -0.767. The van der Waals surface area contributed by atoms with E-state index in [9.17, 15) is 5.11 Å². The van der Waals surface area contributed by atoms with Crippen molar-refractivity contribution in [2.75, 3.05) is 7.11 Å². The van der Waals surface area contributed by atoms with Crippen molar-refractivity contribution in [1.29, 1.82) is 0 Å². The van der Waals surface area contributed by atoms with Crippen molar-refractivity contribution >= 4 is 0 Å². The Balaban J connectivity index is 2.53. The molecule has 19 heavy (non-hydrogen) atoms. The van der Waals surface area contributed by atoms with E-state index >= 15 is 0 Å². The summed E-state index contributed by atoms with van der Waals surface area (Å²) in [4.78, 5) is 4.26. The van der Waals surface area contributed by atoms with Gasteiger partial charge in [-0.05, 0) is 49.6 Å². The Morgan fingerprint density at radius 2 is 1.79 bits per heavy atom. The molecule has 0 saturated carbocycles. The molecule has 0 aliphatic rings. The summed E-state index contributed by atoms with van der Waals surface area (Å²) in [5.74, 6) is 0.606. The lowest BCUT2D eigenvalue weighted by molar-refractivity contribution is 0.208. The van der Waals surface area contributed by atoms with Gasteiger partial charge in [0.25, 0.3) is 0 Å². The topological polar surface area (TPSA) is 42.4 Å². The molecule has 0 saturated heterocycles. The fraction of sp³-hybridized carbons (Fsp3) is 0.312. The second-order valence-electron chi connectivity index (χ2n) is 4.81. The molecular weight excluding hydrogens is 238 g/mol. The summed E-state index contributed by atoms with van der Waals surface area (Å²) in [6.45, 7) is 6.07. The van der Waals surface area contributed by atoms with Crippen LogP contribution in [0.25, 0.3) is 0 Å². The van der Waals surface area contributed by atoms with Gasteiger partial charge >= 0.3 is 0 Å². The number of hydrogen-bond donors (Lipinski definition) is 1. The summed E-state index contributed by atoms with van der Waals surface area (Å²) in [5.41, 5.74) is 4.79. The van der Waals surface area contributed by atoms with Crippen LogP contribution in [0.15, 0.2) is 30.5 Å². The van der Waals surface area contributed by atoms with Crippen LogP contribution in [0, 0.1) is 20.8 Å². The standard InChI is InChI=1S/C16H19NO2/c1-10-8-11(2)14(12(3)9-10)16(18)15-13(19-4)6-5-7-17-15/h5-9,16,18H,1-4H3. The SMILES string of the molecule is COc1cccnc1C(O)c1c(C)cc(C)cc1C. The van der Waals surface area contributed by atoms with Gasteiger partial charge in [0.05, 0.1) is 7.11 Å². The van der Waals surface area contributed by atoms with Crippen LogP contribution in [-0.2, 0) is 0 Å². The third kappa shape index (κ3) is 2.61. The van der Waals surface area contributed by atoms with Gasteiger partial charge in [0.15, 0.2) is 0 Å². The second-order valence-corrected chi connectivity index (χ2v) is 4.81. The number of rotatable bonds is 3. The lowest BCUT2D eigenvalue weighted by Gasteiger charge is -2.18. The molecule has 0 bridgehead atoms. The first kappa shape index (κ1) is 13.6. The monoisotopic (exact) mass is 257 g/mol. The van der Waals surface area contributed by atoms with Crippen LogP contribution in [0.3, 0.4) is 0 Å². The van der Waals surface area contributed by atoms with Crippen LogP contribution in [-0.4, -0.2) is 17.2 Å². The lowest BCUT2D eigenvalue weighted by atomic mass is 9.93. The van der Waals surface area contributed by atoms with Crippen molar-refractivity contribution in [2.45, 2.75) is 26.9 Å². The highest BCUT2D eigenvalue weighted by Crippen LogP contribution is 2.32. The molecule has 2 rings (SSSR count). The number of pyridine rings is 1. The molecule has 3 heteroatoms. The number of benzene rings is 1. The number of ether oxygens (including phenoxy) is 1. The first-order valence-corrected chi connectivity index (χ1v) is 6.29. The van der Waals surface area contributed by atoms with E-state index in [2.05, 4.69) is 24.0 Å². The Bertz CT molecular complexity index is 570. The number of nitrogens with zero attached hydrogens (tertiary/aromatic N) is 1. The molecule has 0 fully saturated rings. The van der Waals surface area contributed by atoms with Crippen LogP contribution < -0.4 is 4.74 Å². The van der Waals surface area contributed by atoms with Gasteiger partial charge in [0.1, 0.15) is 17.5 Å². The van der Waals surface area contributed by atoms with Crippen LogP contribution in [0.2, 0.25) is 0 Å². The van der Waals surface area contributed by atoms with E-state index in [1.54, 1.807) is 19.4 Å². The van der Waals surface area contributed by atoms with Crippen molar-refractivity contribution in [2.24, 2.45) is 0 Å². The van der Waals surface area contributed by atoms with E-state index in [0.717, 1.165) is 16.7 Å². The van der Waals surface area contributed by atoms with E-state index in [0.29, 0.717) is 11.4 Å². The molecule has 0 amide bonds. The molecule has 0 aliphatic heterocycles. The Hall–Kier alpha value is -1.87. The average molecular weight is 257 g/mol. The summed E-state index contributed by atoms with van der Waals surface area (Å²) >= 11 is 0. The molecule has 1 N–H and O–H groups in total. The molecular formula is C16H19NO2. The van der Waals surface area contributed by atoms with Gasteiger partial charge in [0.2, 0.25) is 0 Å². The predicted molar refractivity (Wildman–Crippen MR) is 75.5 cm³/mol. The lowest BCUT2D eigenvalue weighted by Crippen LogP contribution is -2.08. The molecule has 100 valence electrons. The molecule has 1 aromatic carbocycles. The minimum Gasteiger partial charge on any atom is -0.495 e. The number of aliphatic hydroxyl groups is 1. The predicted octanol–water partition coefficient (Wildman–Crippen LogP) is 3.10. The normalized spacial score (nSPS) is 12.3. The van der Waals surface area contributed by atoms with Crippen molar-refractivity contribution in [3.8, 4) is 5.75 Å². The average Bonchev–Trinajstić information content (AvgIpc) is 2.37. The minimum absolute atomic E-state index is 0.556. The summed E-state index contributed by atoms with van der Waals surface area (Å²) in [6, 6.07) is 7.75. The van der Waals surface area contributed by atoms with E-state index in [4.69, 9.17) is 4.74 Å². The Morgan fingerprint density at radius 1 is 1.16 bits per heavy atom. The van der Waals surface area contributed by atoms with Crippen LogP contribution in [0.1, 0.15) is 34.1 Å². The maximum atomic E-state index is 10.6. The van der Waals surface area contributed by atoms with E-state index in [1.807, 2.05) is 19.9 Å². The number of hydrogen-bond acceptors (Lipinski definition) is 3. The molecule has 2 aromatic rings. The molecule has 1 heterocycles. The number of aliphatic hydroxyl groups excluding tert-OH is 1. The van der Waals surface area contributed by atoms with E-state index in [1.165, 1.54) is 5.56 Å². The van der Waals surface area contributed by atoms with Crippen molar-refractivity contribution in [1.82, 2.24) is 4.98 Å². The van der Waals surface area contributed by atoms with Gasteiger partial charge < -0.3 is 9.84 Å². The third-order valence-electron chi connectivity index (χ3n) is 3.29. The smallest absolute Gasteiger partial charge is 0.143 e. The van der Waals surface area contributed by atoms with E-state index in [-0.39, 0.29) is 0 Å². The quantitative estimate of drug-likeness (QED) is 0.918. The Morgan fingerprint density at radius 3 is 2.37 bits per heavy atom. The van der Waals surface area contributed by atoms with Gasteiger partial charge in [-0.25, -0.2) is 0 Å². The van der Waals surface area contributed by atoms with Crippen molar-refractivity contribution in [3.05, 3.63) is 58.4 Å². The van der Waals surface area contributed by atoms with Gasteiger partial charge in [0, 0.05) is 6.20 Å². The summed E-state index contributed by atoms with van der Waals surface area (Å²) < 4.78 is 5.27. The third-order valence-corrected chi connectivity index (χ3v) is 3.29. The number of aryl methyl sites for hydroxylation is 3. The largest absolute Gasteiger partial charge is 0.495 e. The van der Waals surface area contributed by atoms with Crippen LogP contribution in [0.5, 0.6) is 5.75 Å². The molecule has 0 spiro atoms. The molecule has 1 aromatic heterocycles. The van der Waals surface area contributed by atoms with Gasteiger partial charge in [-0.15, -0.1) is 0 Å². The second kappa shape index (κ2) is 5.41. The van der Waals surface area contributed by atoms with Crippen molar-refractivity contribution < 1.29 is 9.84 Å². The maximum Gasteiger partial charge on any atom is 0.143 e. The number of methoxy groups -OCH3 is 1. The van der Waals surface area contributed by atoms with Crippen LogP contribution in [0.4, 0.5) is 0 Å². The molecule has 3 nitrogen and oxygen atoms in total. The molecule has 0 radical (unpaired) electrons. The highest BCUT2D eigenvalue weighted by Gasteiger charge is 2.20. The Labute approximate surface area is 113 Å². The summed E-state index contributed by atoms with van der Waals surface area (Å²) in [5, 5.41) is 10.6. The highest BCUT2D eigenvalue weighted by atomic mass is 16.5. The summed E-state index contributed by atoms with van der Waals surface area (Å²) in [6.07, 6.45) is 0.900. The zero-order valence-corrected chi connectivity index (χ0v) is 11.8. The Kier molecular flexibility index (Phi) is 3.86. The zero-order valence-electron chi connectivity index (χ0n) is 11.8. The van der Waals surface area contributed by atoms with Crippen LogP contribution >= 0.6 is 0 Å². The molecule has 1 unspecified atom stereocenters. The van der Waals surface area contributed by atoms with Crippen molar-refractivity contribution in [3.63, 3.8) is 0 Å². The fourth-order valence-electron chi connectivity index (χ4n) is 2.54. The summed E-state index contributed by atoms with van der Waals surface area (Å²) in [7, 11) is 1.59. The maximum absolute atomic E-state index is 10.6. The zero-order chi connectivity index (χ0) is 14.0. The van der Waals surface area contributed by atoms with Gasteiger partial charge in [-0.3, -0.25) is 4.98 Å². The number of aromatic nitrogens is 1. The fourth-order valence-corrected chi connectivity index (χ4v) is 2.54. The van der Waals surface area contributed by atoms with Gasteiger partial charge in [-0.2, -0.15) is 0 Å². The molecule has 1 atom stereocenters. The highest BCUT2D eigenvalue weighted by molar-refractivity contribution is 5.44. The molecule has 0 aliphatic carbocycles. The first-order chi connectivity index (χ1) is 9.04. The van der Waals surface area contributed by atoms with E-state index < -0.39 is 6.10 Å².